The van der Waals surface area contributed by atoms with Gasteiger partial charge in [-0.25, -0.2) is 0 Å². The van der Waals surface area contributed by atoms with Crippen LogP contribution in [-0.2, 0) is 0 Å². The monoisotopic (exact) mass is 314 g/mol. The van der Waals surface area contributed by atoms with E-state index in [2.05, 4.69) is 32.2 Å². The Morgan fingerprint density at radius 3 is 2.76 bits per heavy atom. The highest BCUT2D eigenvalue weighted by Gasteiger charge is 2.29. The van der Waals surface area contributed by atoms with Crippen molar-refractivity contribution in [1.82, 2.24) is 5.32 Å². The molecule has 2 nitrogen and oxygen atoms in total. The Labute approximate surface area is 115 Å². The van der Waals surface area contributed by atoms with Crippen molar-refractivity contribution in [3.05, 3.63) is 27.7 Å². The number of nitrogens with one attached hydrogen (secondary N) is 1. The van der Waals surface area contributed by atoms with E-state index < -0.39 is 0 Å². The van der Waals surface area contributed by atoms with Crippen molar-refractivity contribution < 1.29 is 0 Å². The summed E-state index contributed by atoms with van der Waals surface area (Å²) in [5.41, 5.74) is 1.26. The zero-order chi connectivity index (χ0) is 11.8. The van der Waals surface area contributed by atoms with E-state index in [-0.39, 0.29) is 0 Å². The van der Waals surface area contributed by atoms with Crippen LogP contribution in [0.4, 0.5) is 5.69 Å². The van der Waals surface area contributed by atoms with Crippen LogP contribution < -0.4 is 10.2 Å². The predicted molar refractivity (Wildman–Crippen MR) is 75.9 cm³/mol. The lowest BCUT2D eigenvalue weighted by Gasteiger charge is -2.20. The number of anilines is 1. The van der Waals surface area contributed by atoms with E-state index in [0.717, 1.165) is 28.6 Å². The van der Waals surface area contributed by atoms with Gasteiger partial charge in [0, 0.05) is 34.7 Å². The van der Waals surface area contributed by atoms with E-state index in [1.807, 2.05) is 12.1 Å². The van der Waals surface area contributed by atoms with Gasteiger partial charge in [-0.05, 0) is 53.4 Å². The van der Waals surface area contributed by atoms with E-state index in [0.29, 0.717) is 6.04 Å². The van der Waals surface area contributed by atoms with Gasteiger partial charge < -0.3 is 10.2 Å². The number of nitrogens with zero attached hydrogens (tertiary/aromatic N) is 1. The maximum Gasteiger partial charge on any atom is 0.0512 e. The molecule has 1 atom stereocenters. The van der Waals surface area contributed by atoms with Crippen LogP contribution >= 0.6 is 27.5 Å². The number of halogens is 2. The third-order valence-corrected chi connectivity index (χ3v) is 4.36. The fourth-order valence-corrected chi connectivity index (χ4v) is 3.37. The topological polar surface area (TPSA) is 15.3 Å². The number of benzene rings is 1. The molecule has 92 valence electrons. The van der Waals surface area contributed by atoms with Crippen molar-refractivity contribution in [3.63, 3.8) is 0 Å². The summed E-state index contributed by atoms with van der Waals surface area (Å²) < 4.78 is 1.09. The van der Waals surface area contributed by atoms with Crippen molar-refractivity contribution in [2.24, 2.45) is 0 Å². The molecule has 2 aliphatic rings. The summed E-state index contributed by atoms with van der Waals surface area (Å²) >= 11 is 9.56. The number of hydrogen-bond acceptors (Lipinski definition) is 2. The molecule has 1 unspecified atom stereocenters. The van der Waals surface area contributed by atoms with Gasteiger partial charge in [-0.2, -0.15) is 0 Å². The van der Waals surface area contributed by atoms with E-state index in [1.54, 1.807) is 0 Å². The van der Waals surface area contributed by atoms with Crippen LogP contribution in [0.2, 0.25) is 5.02 Å². The Balaban J connectivity index is 1.68. The van der Waals surface area contributed by atoms with E-state index in [4.69, 9.17) is 11.6 Å². The Hall–Kier alpha value is -0.250. The SMILES string of the molecule is Clc1ccc(N2CCC(NC3CC3)C2)c(Br)c1. The molecule has 2 fully saturated rings. The molecule has 0 amide bonds. The fraction of sp³-hybridized carbons (Fsp3) is 0.538. The summed E-state index contributed by atoms with van der Waals surface area (Å²) in [4.78, 5) is 2.43. The minimum Gasteiger partial charge on any atom is -0.369 e. The standard InChI is InChI=1S/C13H16BrClN2/c14-12-7-9(15)1-4-13(12)17-6-5-11(8-17)16-10-2-3-10/h1,4,7,10-11,16H,2-3,5-6,8H2. The molecule has 17 heavy (non-hydrogen) atoms. The van der Waals surface area contributed by atoms with E-state index >= 15 is 0 Å². The predicted octanol–water partition coefficient (Wildman–Crippen LogP) is 3.43. The van der Waals surface area contributed by atoms with Crippen LogP contribution in [-0.4, -0.2) is 25.2 Å². The molecule has 3 rings (SSSR count). The van der Waals surface area contributed by atoms with Crippen molar-refractivity contribution in [2.45, 2.75) is 31.3 Å². The van der Waals surface area contributed by atoms with Gasteiger partial charge in [0.1, 0.15) is 0 Å². The second-order valence-electron chi connectivity index (χ2n) is 4.97. The van der Waals surface area contributed by atoms with Crippen molar-refractivity contribution in [2.75, 3.05) is 18.0 Å². The Bertz CT molecular complexity index is 420. The van der Waals surface area contributed by atoms with Gasteiger partial charge in [0.15, 0.2) is 0 Å². The highest BCUT2D eigenvalue weighted by atomic mass is 79.9. The van der Waals surface area contributed by atoms with Crippen LogP contribution in [0.5, 0.6) is 0 Å². The summed E-state index contributed by atoms with van der Waals surface area (Å²) in [6.07, 6.45) is 3.97. The summed E-state index contributed by atoms with van der Waals surface area (Å²) in [7, 11) is 0. The summed E-state index contributed by atoms with van der Waals surface area (Å²) in [6.45, 7) is 2.24. The number of rotatable bonds is 3. The smallest absolute Gasteiger partial charge is 0.0512 e. The first kappa shape index (κ1) is 11.8. The third-order valence-electron chi connectivity index (χ3n) is 3.49. The third kappa shape index (κ3) is 2.78. The molecule has 1 aromatic carbocycles. The maximum absolute atomic E-state index is 5.97. The molecule has 1 heterocycles. The van der Waals surface area contributed by atoms with Crippen LogP contribution in [0.25, 0.3) is 0 Å². The quantitative estimate of drug-likeness (QED) is 0.919. The van der Waals surface area contributed by atoms with E-state index in [9.17, 15) is 0 Å². The van der Waals surface area contributed by atoms with Gasteiger partial charge in [-0.1, -0.05) is 11.6 Å². The molecule has 1 aliphatic heterocycles. The second-order valence-corrected chi connectivity index (χ2v) is 6.26. The van der Waals surface area contributed by atoms with Crippen LogP contribution in [0.1, 0.15) is 19.3 Å². The lowest BCUT2D eigenvalue weighted by atomic mass is 10.2. The van der Waals surface area contributed by atoms with Gasteiger partial charge in [0.2, 0.25) is 0 Å². The minimum atomic E-state index is 0.657. The normalized spacial score (nSPS) is 24.4. The van der Waals surface area contributed by atoms with Gasteiger partial charge in [0.25, 0.3) is 0 Å². The summed E-state index contributed by atoms with van der Waals surface area (Å²) in [5, 5.41) is 4.49. The largest absolute Gasteiger partial charge is 0.369 e. The Morgan fingerprint density at radius 2 is 2.06 bits per heavy atom. The van der Waals surface area contributed by atoms with Crippen molar-refractivity contribution in [1.29, 1.82) is 0 Å². The highest BCUT2D eigenvalue weighted by molar-refractivity contribution is 9.10. The molecule has 4 heteroatoms. The van der Waals surface area contributed by atoms with Crippen LogP contribution in [0.3, 0.4) is 0 Å². The lowest BCUT2D eigenvalue weighted by molar-refractivity contribution is 0.548. The van der Waals surface area contributed by atoms with Crippen LogP contribution in [0, 0.1) is 0 Å². The number of hydrogen-bond donors (Lipinski definition) is 1. The fourth-order valence-electron chi connectivity index (χ4n) is 2.44. The molecule has 0 spiro atoms. The summed E-state index contributed by atoms with van der Waals surface area (Å²) in [6, 6.07) is 7.49. The molecule has 1 N–H and O–H groups in total. The lowest BCUT2D eigenvalue weighted by Crippen LogP contribution is -2.34. The first-order valence-corrected chi connectivity index (χ1v) is 7.35. The highest BCUT2D eigenvalue weighted by Crippen LogP contribution is 2.32. The van der Waals surface area contributed by atoms with Crippen molar-refractivity contribution in [3.8, 4) is 0 Å². The molecular weight excluding hydrogens is 300 g/mol. The van der Waals surface area contributed by atoms with Gasteiger partial charge in [0.05, 0.1) is 5.69 Å². The molecule has 0 radical (unpaired) electrons. The molecule has 1 saturated heterocycles. The molecule has 1 saturated carbocycles. The van der Waals surface area contributed by atoms with E-state index in [1.165, 1.54) is 24.9 Å². The second kappa shape index (κ2) is 4.79. The molecule has 1 aromatic rings. The summed E-state index contributed by atoms with van der Waals surface area (Å²) in [5.74, 6) is 0. The minimum absolute atomic E-state index is 0.657. The Morgan fingerprint density at radius 1 is 1.24 bits per heavy atom. The van der Waals surface area contributed by atoms with Gasteiger partial charge in [-0.3, -0.25) is 0 Å². The molecule has 0 bridgehead atoms. The molecule has 1 aliphatic carbocycles. The Kier molecular flexibility index (Phi) is 3.33. The first-order chi connectivity index (χ1) is 8.22. The zero-order valence-corrected chi connectivity index (χ0v) is 12.0. The average molecular weight is 316 g/mol. The zero-order valence-electron chi connectivity index (χ0n) is 9.63. The average Bonchev–Trinajstić information content (AvgIpc) is 2.96. The van der Waals surface area contributed by atoms with Crippen LogP contribution in [0.15, 0.2) is 22.7 Å². The maximum atomic E-state index is 5.97. The molecule has 0 aromatic heterocycles. The molecular formula is C13H16BrClN2. The van der Waals surface area contributed by atoms with Crippen molar-refractivity contribution >= 4 is 33.2 Å². The van der Waals surface area contributed by atoms with Gasteiger partial charge in [-0.15, -0.1) is 0 Å². The van der Waals surface area contributed by atoms with Gasteiger partial charge >= 0.3 is 0 Å². The first-order valence-electron chi connectivity index (χ1n) is 6.18.